The molecule has 1 aliphatic carbocycles. The van der Waals surface area contributed by atoms with E-state index in [9.17, 15) is 9.59 Å². The first-order valence-corrected chi connectivity index (χ1v) is 13.1. The summed E-state index contributed by atoms with van der Waals surface area (Å²) >= 11 is 7.69. The Morgan fingerprint density at radius 3 is 2.65 bits per heavy atom. The highest BCUT2D eigenvalue weighted by molar-refractivity contribution is 7.15. The van der Waals surface area contributed by atoms with E-state index in [2.05, 4.69) is 36.5 Å². The molecular weight excluding hydrogens is 466 g/mol. The van der Waals surface area contributed by atoms with Crippen molar-refractivity contribution in [3.63, 3.8) is 0 Å². The van der Waals surface area contributed by atoms with Gasteiger partial charge in [0.25, 0.3) is 11.8 Å². The number of rotatable bonds is 6. The fraction of sp³-hybridized carbons (Fsp3) is 0.370. The molecule has 2 fully saturated rings. The van der Waals surface area contributed by atoms with Gasteiger partial charge in [0.2, 0.25) is 0 Å². The van der Waals surface area contributed by atoms with Gasteiger partial charge < -0.3 is 10.2 Å². The van der Waals surface area contributed by atoms with Crippen LogP contribution in [-0.4, -0.2) is 40.8 Å². The van der Waals surface area contributed by atoms with Crippen LogP contribution in [-0.2, 0) is 0 Å². The van der Waals surface area contributed by atoms with Gasteiger partial charge in [-0.15, -0.1) is 11.3 Å². The molecule has 1 saturated carbocycles. The number of hydrogen-bond acceptors (Lipinski definition) is 4. The summed E-state index contributed by atoms with van der Waals surface area (Å²) in [7, 11) is 0. The summed E-state index contributed by atoms with van der Waals surface area (Å²) in [6.45, 7) is 3.16. The van der Waals surface area contributed by atoms with Gasteiger partial charge in [-0.25, -0.2) is 4.98 Å². The molecule has 2 aromatic carbocycles. The van der Waals surface area contributed by atoms with Crippen LogP contribution in [0.15, 0.2) is 48.5 Å². The summed E-state index contributed by atoms with van der Waals surface area (Å²) in [5.74, 6) is 0.288. The molecule has 2 heterocycles. The van der Waals surface area contributed by atoms with Crippen LogP contribution in [0.3, 0.4) is 0 Å². The number of aromatic nitrogens is 1. The van der Waals surface area contributed by atoms with Crippen molar-refractivity contribution in [1.82, 2.24) is 15.2 Å². The topological polar surface area (TPSA) is 62.3 Å². The van der Waals surface area contributed by atoms with Crippen molar-refractivity contribution in [2.45, 2.75) is 51.0 Å². The average molecular weight is 494 g/mol. The van der Waals surface area contributed by atoms with Crippen molar-refractivity contribution in [2.24, 2.45) is 0 Å². The van der Waals surface area contributed by atoms with Gasteiger partial charge in [0, 0.05) is 35.6 Å². The number of hydrogen-bond donors (Lipinski definition) is 1. The van der Waals surface area contributed by atoms with Crippen molar-refractivity contribution in [3.8, 4) is 10.4 Å². The molecule has 5 nitrogen and oxygen atoms in total. The number of thiazole rings is 1. The number of halogens is 1. The maximum absolute atomic E-state index is 13.8. The monoisotopic (exact) mass is 493 g/mol. The minimum Gasteiger partial charge on any atom is -0.350 e. The third-order valence-corrected chi connectivity index (χ3v) is 8.06. The van der Waals surface area contributed by atoms with Gasteiger partial charge in [-0.2, -0.15) is 0 Å². The van der Waals surface area contributed by atoms with Crippen molar-refractivity contribution < 1.29 is 9.59 Å². The number of carbonyl (C=O) groups is 2. The Labute approximate surface area is 209 Å². The Morgan fingerprint density at radius 2 is 1.91 bits per heavy atom. The number of nitrogens with one attached hydrogen (secondary N) is 1. The molecule has 1 atom stereocenters. The Kier molecular flexibility index (Phi) is 6.70. The van der Waals surface area contributed by atoms with Gasteiger partial charge in [0.1, 0.15) is 5.69 Å². The zero-order valence-corrected chi connectivity index (χ0v) is 20.8. The zero-order chi connectivity index (χ0) is 23.7. The first-order valence-electron chi connectivity index (χ1n) is 11.9. The lowest BCUT2D eigenvalue weighted by atomic mass is 10.0. The zero-order valence-electron chi connectivity index (χ0n) is 19.2. The summed E-state index contributed by atoms with van der Waals surface area (Å²) in [5, 5.41) is 4.61. The minimum absolute atomic E-state index is 0.0274. The SMILES string of the molecule is Cc1ccc(-c2sc(C3CC3)nc2C(=O)N2CCCCC2CNC(=O)c2cccc(Cl)c2)cc1. The summed E-state index contributed by atoms with van der Waals surface area (Å²) in [5.41, 5.74) is 3.32. The predicted molar refractivity (Wildman–Crippen MR) is 137 cm³/mol. The second-order valence-corrected chi connectivity index (χ2v) is 10.7. The number of likely N-dealkylation sites (tertiary alicyclic amines) is 1. The highest BCUT2D eigenvalue weighted by Crippen LogP contribution is 2.45. The van der Waals surface area contributed by atoms with E-state index in [0.29, 0.717) is 35.3 Å². The number of benzene rings is 2. The largest absolute Gasteiger partial charge is 0.350 e. The summed E-state index contributed by atoms with van der Waals surface area (Å²) in [6, 6.07) is 15.2. The Bertz CT molecular complexity index is 1200. The number of amides is 2. The normalized spacial score (nSPS) is 18.1. The van der Waals surface area contributed by atoms with Crippen LogP contribution in [0.1, 0.15) is 69.4 Å². The second kappa shape index (κ2) is 9.88. The number of carbonyl (C=O) groups excluding carboxylic acids is 2. The maximum atomic E-state index is 13.8. The lowest BCUT2D eigenvalue weighted by Gasteiger charge is -2.35. The molecule has 2 aliphatic rings. The van der Waals surface area contributed by atoms with Crippen molar-refractivity contribution >= 4 is 34.8 Å². The van der Waals surface area contributed by atoms with Gasteiger partial charge in [0.05, 0.1) is 9.88 Å². The Morgan fingerprint density at radius 1 is 1.12 bits per heavy atom. The van der Waals surface area contributed by atoms with Gasteiger partial charge in [-0.3, -0.25) is 9.59 Å². The van der Waals surface area contributed by atoms with Gasteiger partial charge >= 0.3 is 0 Å². The first-order chi connectivity index (χ1) is 16.5. The smallest absolute Gasteiger partial charge is 0.274 e. The maximum Gasteiger partial charge on any atom is 0.274 e. The molecule has 1 aromatic heterocycles. The second-order valence-electron chi connectivity index (χ2n) is 9.24. The average Bonchev–Trinajstić information content (AvgIpc) is 3.61. The summed E-state index contributed by atoms with van der Waals surface area (Å²) in [4.78, 5) is 34.2. The molecule has 34 heavy (non-hydrogen) atoms. The Balaban J connectivity index is 1.37. The Hall–Kier alpha value is -2.70. The molecule has 1 aliphatic heterocycles. The van der Waals surface area contributed by atoms with Crippen molar-refractivity contribution in [2.75, 3.05) is 13.1 Å². The lowest BCUT2D eigenvalue weighted by Crippen LogP contribution is -2.49. The van der Waals surface area contributed by atoms with Crippen molar-refractivity contribution in [3.05, 3.63) is 75.4 Å². The van der Waals surface area contributed by atoms with Gasteiger partial charge in [0.15, 0.2) is 0 Å². The fourth-order valence-corrected chi connectivity index (χ4v) is 5.87. The van der Waals surface area contributed by atoms with Crippen LogP contribution < -0.4 is 5.32 Å². The van der Waals surface area contributed by atoms with Gasteiger partial charge in [-0.1, -0.05) is 47.5 Å². The standard InChI is InChI=1S/C27H28ClN3O2S/c1-17-8-10-18(11-9-17)24-23(30-26(34-24)19-12-13-19)27(33)31-14-3-2-7-22(31)16-29-25(32)20-5-4-6-21(28)15-20/h4-6,8-11,15,19,22H,2-3,7,12-14,16H2,1H3,(H,29,32). The lowest BCUT2D eigenvalue weighted by molar-refractivity contribution is 0.0598. The molecule has 176 valence electrons. The number of aryl methyl sites for hydroxylation is 1. The molecule has 1 saturated heterocycles. The number of nitrogens with zero attached hydrogens (tertiary/aromatic N) is 2. The van der Waals surface area contributed by atoms with E-state index < -0.39 is 0 Å². The third-order valence-electron chi connectivity index (χ3n) is 6.56. The quantitative estimate of drug-likeness (QED) is 0.453. The van der Waals surface area contributed by atoms with Crippen LogP contribution in [0.4, 0.5) is 0 Å². The van der Waals surface area contributed by atoms with Gasteiger partial charge in [-0.05, 0) is 62.8 Å². The van der Waals surface area contributed by atoms with Crippen LogP contribution >= 0.6 is 22.9 Å². The minimum atomic E-state index is -0.175. The van der Waals surface area contributed by atoms with E-state index in [1.54, 1.807) is 35.6 Å². The van der Waals surface area contributed by atoms with E-state index in [4.69, 9.17) is 16.6 Å². The van der Waals surface area contributed by atoms with E-state index in [0.717, 1.165) is 47.6 Å². The first kappa shape index (κ1) is 23.1. The molecule has 2 amide bonds. The summed E-state index contributed by atoms with van der Waals surface area (Å²) in [6.07, 6.45) is 5.16. The predicted octanol–water partition coefficient (Wildman–Crippen LogP) is 6.07. The summed E-state index contributed by atoms with van der Waals surface area (Å²) < 4.78 is 0. The van der Waals surface area contributed by atoms with E-state index >= 15 is 0 Å². The molecule has 7 heteroatoms. The van der Waals surface area contributed by atoms with Crippen LogP contribution in [0.5, 0.6) is 0 Å². The third kappa shape index (κ3) is 5.03. The molecular formula is C27H28ClN3O2S. The van der Waals surface area contributed by atoms with E-state index in [1.165, 1.54) is 5.56 Å². The highest BCUT2D eigenvalue weighted by Gasteiger charge is 2.34. The van der Waals surface area contributed by atoms with Crippen molar-refractivity contribution in [1.29, 1.82) is 0 Å². The highest BCUT2D eigenvalue weighted by atomic mass is 35.5. The number of piperidine rings is 1. The molecule has 1 unspecified atom stereocenters. The fourth-order valence-electron chi connectivity index (χ4n) is 4.45. The van der Waals surface area contributed by atoms with E-state index in [-0.39, 0.29) is 17.9 Å². The van der Waals surface area contributed by atoms with Crippen LogP contribution in [0, 0.1) is 6.92 Å². The van der Waals surface area contributed by atoms with Crippen LogP contribution in [0.2, 0.25) is 5.02 Å². The molecule has 0 spiro atoms. The molecule has 3 aromatic rings. The van der Waals surface area contributed by atoms with E-state index in [1.807, 2.05) is 4.90 Å². The molecule has 0 radical (unpaired) electrons. The molecule has 1 N–H and O–H groups in total. The van der Waals surface area contributed by atoms with Crippen LogP contribution in [0.25, 0.3) is 10.4 Å². The molecule has 5 rings (SSSR count). The molecule has 0 bridgehead atoms.